The summed E-state index contributed by atoms with van der Waals surface area (Å²) in [5, 5.41) is 0. The van der Waals surface area contributed by atoms with Crippen molar-refractivity contribution in [1.29, 1.82) is 0 Å². The van der Waals surface area contributed by atoms with Gasteiger partial charge in [-0.25, -0.2) is 0 Å². The predicted octanol–water partition coefficient (Wildman–Crippen LogP) is 4.15. The molecular formula is C23H37NO4. The van der Waals surface area contributed by atoms with Gasteiger partial charge in [0.2, 0.25) is 5.91 Å². The van der Waals surface area contributed by atoms with Crippen LogP contribution in [-0.4, -0.2) is 41.8 Å². The fraction of sp³-hybridized carbons (Fsp3) is 0.783. The van der Waals surface area contributed by atoms with Crippen LogP contribution in [0.3, 0.4) is 0 Å². The molecule has 1 aliphatic heterocycles. The highest BCUT2D eigenvalue weighted by molar-refractivity contribution is 5.90. The van der Waals surface area contributed by atoms with E-state index in [9.17, 15) is 14.4 Å². The number of esters is 1. The molecule has 0 spiro atoms. The van der Waals surface area contributed by atoms with Gasteiger partial charge in [-0.3, -0.25) is 14.4 Å². The highest BCUT2D eigenvalue weighted by atomic mass is 16.5. The van der Waals surface area contributed by atoms with E-state index in [0.29, 0.717) is 30.9 Å². The third kappa shape index (κ3) is 6.46. The van der Waals surface area contributed by atoms with Crippen LogP contribution in [0.1, 0.15) is 72.6 Å². The van der Waals surface area contributed by atoms with Crippen LogP contribution in [0.2, 0.25) is 0 Å². The quantitative estimate of drug-likeness (QED) is 0.460. The summed E-state index contributed by atoms with van der Waals surface area (Å²) in [7, 11) is 0. The maximum atomic E-state index is 13.4. The number of Topliss-reactive ketones (excluding diaryl/α,β-unsaturated/α-hetero) is 1. The molecule has 1 aliphatic carbocycles. The lowest BCUT2D eigenvalue weighted by Crippen LogP contribution is -2.44. The van der Waals surface area contributed by atoms with Crippen molar-refractivity contribution in [2.75, 3.05) is 13.2 Å². The average Bonchev–Trinajstić information content (AvgIpc) is 3.06. The molecule has 0 aromatic carbocycles. The molecule has 1 saturated carbocycles. The molecule has 3 atom stereocenters. The number of nitrogens with zero attached hydrogens (tertiary/aromatic N) is 1. The molecule has 1 heterocycles. The van der Waals surface area contributed by atoms with E-state index in [1.807, 2.05) is 19.9 Å². The van der Waals surface area contributed by atoms with E-state index in [1.54, 1.807) is 17.9 Å². The Morgan fingerprint density at radius 1 is 1.14 bits per heavy atom. The van der Waals surface area contributed by atoms with Gasteiger partial charge < -0.3 is 9.64 Å². The Balaban J connectivity index is 2.08. The van der Waals surface area contributed by atoms with Crippen molar-refractivity contribution in [1.82, 2.24) is 4.90 Å². The SMILES string of the molecule is CC(=O)C1CC(C)CN1C(=O)[C@@H](/C=C/CC(=O)OCC(C)C)C1CCCCC1. The van der Waals surface area contributed by atoms with E-state index < -0.39 is 0 Å². The van der Waals surface area contributed by atoms with E-state index in [-0.39, 0.29) is 36.0 Å². The zero-order chi connectivity index (χ0) is 20.7. The molecule has 0 aromatic heterocycles. The van der Waals surface area contributed by atoms with Gasteiger partial charge in [-0.15, -0.1) is 0 Å². The number of carbonyl (C=O) groups is 3. The molecule has 2 fully saturated rings. The van der Waals surface area contributed by atoms with Gasteiger partial charge in [-0.05, 0) is 43.9 Å². The smallest absolute Gasteiger partial charge is 0.309 e. The normalized spacial score (nSPS) is 24.7. The predicted molar refractivity (Wildman–Crippen MR) is 110 cm³/mol. The van der Waals surface area contributed by atoms with Gasteiger partial charge in [0, 0.05) is 6.54 Å². The van der Waals surface area contributed by atoms with Crippen LogP contribution in [-0.2, 0) is 19.1 Å². The summed E-state index contributed by atoms with van der Waals surface area (Å²) in [4.78, 5) is 39.2. The number of hydrogen-bond donors (Lipinski definition) is 0. The Bertz CT molecular complexity index is 577. The molecule has 0 bridgehead atoms. The van der Waals surface area contributed by atoms with Crippen LogP contribution in [0, 0.1) is 23.7 Å². The highest BCUT2D eigenvalue weighted by Crippen LogP contribution is 2.34. The molecule has 5 heteroatoms. The Labute approximate surface area is 169 Å². The maximum Gasteiger partial charge on any atom is 0.309 e. The van der Waals surface area contributed by atoms with Gasteiger partial charge in [0.1, 0.15) is 0 Å². The summed E-state index contributed by atoms with van der Waals surface area (Å²) in [6, 6.07) is -0.294. The van der Waals surface area contributed by atoms with Crippen molar-refractivity contribution >= 4 is 17.7 Å². The maximum absolute atomic E-state index is 13.4. The van der Waals surface area contributed by atoms with Crippen LogP contribution < -0.4 is 0 Å². The summed E-state index contributed by atoms with van der Waals surface area (Å²) < 4.78 is 5.22. The van der Waals surface area contributed by atoms with Gasteiger partial charge in [0.15, 0.2) is 5.78 Å². The number of ketones is 1. The zero-order valence-corrected chi connectivity index (χ0v) is 18.0. The lowest BCUT2D eigenvalue weighted by molar-refractivity contribution is -0.143. The molecular weight excluding hydrogens is 354 g/mol. The monoisotopic (exact) mass is 391 g/mol. The minimum Gasteiger partial charge on any atom is -0.465 e. The molecule has 158 valence electrons. The van der Waals surface area contributed by atoms with Crippen LogP contribution in [0.4, 0.5) is 0 Å². The van der Waals surface area contributed by atoms with Crippen LogP contribution in [0.15, 0.2) is 12.2 Å². The van der Waals surface area contributed by atoms with Crippen LogP contribution in [0.25, 0.3) is 0 Å². The second-order valence-corrected chi connectivity index (χ2v) is 9.09. The van der Waals surface area contributed by atoms with Crippen molar-refractivity contribution in [3.63, 3.8) is 0 Å². The van der Waals surface area contributed by atoms with Crippen molar-refractivity contribution < 1.29 is 19.1 Å². The molecule has 0 aromatic rings. The molecule has 2 aliphatic rings. The number of amides is 1. The minimum absolute atomic E-state index is 0.0586. The fourth-order valence-corrected chi connectivity index (χ4v) is 4.43. The number of likely N-dealkylation sites (tertiary alicyclic amines) is 1. The lowest BCUT2D eigenvalue weighted by atomic mass is 9.79. The first-order chi connectivity index (χ1) is 13.3. The first-order valence-electron chi connectivity index (χ1n) is 10.9. The van der Waals surface area contributed by atoms with Crippen molar-refractivity contribution in [2.24, 2.45) is 23.7 Å². The molecule has 5 nitrogen and oxygen atoms in total. The summed E-state index contributed by atoms with van der Waals surface area (Å²) in [6.07, 6.45) is 10.2. The Morgan fingerprint density at radius 3 is 2.43 bits per heavy atom. The average molecular weight is 392 g/mol. The van der Waals surface area contributed by atoms with Crippen LogP contribution >= 0.6 is 0 Å². The second-order valence-electron chi connectivity index (χ2n) is 9.09. The largest absolute Gasteiger partial charge is 0.465 e. The van der Waals surface area contributed by atoms with Crippen LogP contribution in [0.5, 0.6) is 0 Å². The second kappa shape index (κ2) is 10.8. The molecule has 0 N–H and O–H groups in total. The third-order valence-corrected chi connectivity index (χ3v) is 5.91. The summed E-state index contributed by atoms with van der Waals surface area (Å²) >= 11 is 0. The Kier molecular flexibility index (Phi) is 8.71. The molecule has 1 amide bonds. The van der Waals surface area contributed by atoms with E-state index >= 15 is 0 Å². The number of hydrogen-bond acceptors (Lipinski definition) is 4. The summed E-state index contributed by atoms with van der Waals surface area (Å²) in [5.74, 6) is 0.587. The van der Waals surface area contributed by atoms with Gasteiger partial charge in [-0.1, -0.05) is 52.2 Å². The third-order valence-electron chi connectivity index (χ3n) is 5.91. The van der Waals surface area contributed by atoms with Gasteiger partial charge in [0.25, 0.3) is 0 Å². The summed E-state index contributed by atoms with van der Waals surface area (Å²) in [6.45, 7) is 8.76. The molecule has 28 heavy (non-hydrogen) atoms. The summed E-state index contributed by atoms with van der Waals surface area (Å²) in [5.41, 5.74) is 0. The molecule has 1 saturated heterocycles. The Morgan fingerprint density at radius 2 is 1.82 bits per heavy atom. The standard InChI is InChI=1S/C23H37NO4/c1-16(2)15-28-22(26)12-8-11-20(19-9-6-5-7-10-19)23(27)24-14-17(3)13-21(24)18(4)25/h8,11,16-17,19-21H,5-7,9-10,12-15H2,1-4H3/b11-8+/t17?,20-,21?/m0/s1. The first-order valence-corrected chi connectivity index (χ1v) is 10.9. The molecule has 2 unspecified atom stereocenters. The van der Waals surface area contributed by atoms with Crippen molar-refractivity contribution in [3.8, 4) is 0 Å². The van der Waals surface area contributed by atoms with Crippen molar-refractivity contribution in [3.05, 3.63) is 12.2 Å². The lowest BCUT2D eigenvalue weighted by Gasteiger charge is -2.32. The minimum atomic E-state index is -0.294. The highest BCUT2D eigenvalue weighted by Gasteiger charge is 2.40. The van der Waals surface area contributed by atoms with E-state index in [0.717, 1.165) is 32.1 Å². The van der Waals surface area contributed by atoms with E-state index in [1.165, 1.54) is 6.42 Å². The first kappa shape index (κ1) is 22.6. The van der Waals surface area contributed by atoms with Gasteiger partial charge >= 0.3 is 5.97 Å². The van der Waals surface area contributed by atoms with Gasteiger partial charge in [0.05, 0.1) is 25.0 Å². The number of ether oxygens (including phenoxy) is 1. The number of carbonyl (C=O) groups excluding carboxylic acids is 3. The van der Waals surface area contributed by atoms with Gasteiger partial charge in [-0.2, -0.15) is 0 Å². The fourth-order valence-electron chi connectivity index (χ4n) is 4.43. The van der Waals surface area contributed by atoms with E-state index in [4.69, 9.17) is 4.74 Å². The van der Waals surface area contributed by atoms with E-state index in [2.05, 4.69) is 6.92 Å². The number of rotatable bonds is 8. The molecule has 0 radical (unpaired) electrons. The topological polar surface area (TPSA) is 63.7 Å². The Hall–Kier alpha value is -1.65. The van der Waals surface area contributed by atoms with Crippen molar-refractivity contribution in [2.45, 2.75) is 78.7 Å². The zero-order valence-electron chi connectivity index (χ0n) is 18.0. The molecule has 2 rings (SSSR count).